The number of imidazole rings is 1. The molecule has 3 rings (SSSR count). The third kappa shape index (κ3) is 6.76. The fourth-order valence-electron chi connectivity index (χ4n) is 2.66. The predicted molar refractivity (Wildman–Crippen MR) is 115 cm³/mol. The van der Waals surface area contributed by atoms with Gasteiger partial charge in [-0.1, -0.05) is 30.3 Å². The summed E-state index contributed by atoms with van der Waals surface area (Å²) in [5.74, 6) is -0.575. The van der Waals surface area contributed by atoms with Crippen molar-refractivity contribution in [2.24, 2.45) is 5.10 Å². The number of nitrogens with zero attached hydrogens (tertiary/aromatic N) is 3. The molecule has 0 unspecified atom stereocenters. The first-order valence-corrected chi connectivity index (χ1v) is 9.53. The van der Waals surface area contributed by atoms with E-state index in [0.717, 1.165) is 5.56 Å². The summed E-state index contributed by atoms with van der Waals surface area (Å²) in [6, 6.07) is 13.8. The first-order chi connectivity index (χ1) is 15.5. The highest BCUT2D eigenvalue weighted by molar-refractivity contribution is 5.87. The molecule has 164 valence electrons. The molecule has 0 bridgehead atoms. The maximum absolute atomic E-state index is 12.6. The standard InChI is InChI=1S/C21H20N6O5/c28-20(26-24-11-15-6-8-18(9-7-15)27(30)31)19(10-17-12-22-14-23-17)25-21(29)32-13-16-4-2-1-3-5-16/h1-9,11-12,14,19H,10,13H2,(H,22,23)(H,25,29)(H,26,28)/b24-11-/t19-/m0/s1. The number of hydrazone groups is 1. The summed E-state index contributed by atoms with van der Waals surface area (Å²) >= 11 is 0. The van der Waals surface area contributed by atoms with E-state index in [1.54, 1.807) is 0 Å². The van der Waals surface area contributed by atoms with Crippen LogP contribution in [-0.2, 0) is 22.6 Å². The molecule has 0 spiro atoms. The molecule has 11 nitrogen and oxygen atoms in total. The van der Waals surface area contributed by atoms with E-state index in [2.05, 4.69) is 25.8 Å². The molecule has 0 saturated heterocycles. The van der Waals surface area contributed by atoms with Crippen LogP contribution in [0.4, 0.5) is 10.5 Å². The van der Waals surface area contributed by atoms with Gasteiger partial charge < -0.3 is 15.0 Å². The molecule has 3 N–H and O–H groups in total. The number of rotatable bonds is 9. The van der Waals surface area contributed by atoms with Crippen LogP contribution in [0.25, 0.3) is 0 Å². The normalized spacial score (nSPS) is 11.6. The van der Waals surface area contributed by atoms with Gasteiger partial charge in [0, 0.05) is 30.4 Å². The Morgan fingerprint density at radius 3 is 2.59 bits per heavy atom. The van der Waals surface area contributed by atoms with E-state index in [-0.39, 0.29) is 18.7 Å². The van der Waals surface area contributed by atoms with Gasteiger partial charge in [-0.3, -0.25) is 14.9 Å². The van der Waals surface area contributed by atoms with E-state index in [4.69, 9.17) is 4.74 Å². The lowest BCUT2D eigenvalue weighted by Gasteiger charge is -2.16. The van der Waals surface area contributed by atoms with Gasteiger partial charge >= 0.3 is 6.09 Å². The number of H-pyrrole nitrogens is 1. The highest BCUT2D eigenvalue weighted by Gasteiger charge is 2.22. The van der Waals surface area contributed by atoms with E-state index in [1.807, 2.05) is 30.3 Å². The summed E-state index contributed by atoms with van der Waals surface area (Å²) in [5.41, 5.74) is 4.29. The molecule has 3 aromatic rings. The summed E-state index contributed by atoms with van der Waals surface area (Å²) in [6.45, 7) is 0.0589. The van der Waals surface area contributed by atoms with E-state index in [9.17, 15) is 19.7 Å². The number of amides is 2. The molecular weight excluding hydrogens is 416 g/mol. The molecule has 0 aliphatic rings. The SMILES string of the molecule is O=C(N[C@@H](Cc1cnc[nH]1)C(=O)N/N=C\c1ccc([N+](=O)[O-])cc1)OCc1ccccc1. The zero-order valence-corrected chi connectivity index (χ0v) is 16.8. The van der Waals surface area contributed by atoms with Gasteiger partial charge in [0.15, 0.2) is 0 Å². The van der Waals surface area contributed by atoms with E-state index < -0.39 is 23.0 Å². The molecule has 2 amide bonds. The molecule has 11 heteroatoms. The Bertz CT molecular complexity index is 1070. The van der Waals surface area contributed by atoms with Gasteiger partial charge in [0.2, 0.25) is 0 Å². The van der Waals surface area contributed by atoms with Crippen molar-refractivity contribution >= 4 is 23.9 Å². The Morgan fingerprint density at radius 1 is 1.19 bits per heavy atom. The lowest BCUT2D eigenvalue weighted by Crippen LogP contribution is -2.47. The van der Waals surface area contributed by atoms with Crippen LogP contribution in [0, 0.1) is 10.1 Å². The van der Waals surface area contributed by atoms with Crippen molar-refractivity contribution in [3.05, 3.63) is 94.1 Å². The van der Waals surface area contributed by atoms with Crippen molar-refractivity contribution in [1.82, 2.24) is 20.7 Å². The smallest absolute Gasteiger partial charge is 0.408 e. The van der Waals surface area contributed by atoms with Crippen molar-refractivity contribution < 1.29 is 19.2 Å². The number of nitro benzene ring substituents is 1. The Kier molecular flexibility index (Phi) is 7.63. The number of hydrogen-bond donors (Lipinski definition) is 3. The first kappa shape index (κ1) is 22.2. The Hall–Kier alpha value is -4.54. The van der Waals surface area contributed by atoms with Crippen LogP contribution in [0.1, 0.15) is 16.8 Å². The zero-order chi connectivity index (χ0) is 22.8. The van der Waals surface area contributed by atoms with Gasteiger partial charge in [-0.15, -0.1) is 0 Å². The number of ether oxygens (including phenoxy) is 1. The van der Waals surface area contributed by atoms with Crippen LogP contribution in [0.5, 0.6) is 0 Å². The number of alkyl carbamates (subject to hydrolysis) is 1. The third-order valence-corrected chi connectivity index (χ3v) is 4.29. The summed E-state index contributed by atoms with van der Waals surface area (Å²) in [4.78, 5) is 41.8. The molecule has 1 atom stereocenters. The van der Waals surface area contributed by atoms with Crippen molar-refractivity contribution in [2.75, 3.05) is 0 Å². The second-order valence-electron chi connectivity index (χ2n) is 6.62. The van der Waals surface area contributed by atoms with Crippen molar-refractivity contribution in [3.8, 4) is 0 Å². The number of nitro groups is 1. The summed E-state index contributed by atoms with van der Waals surface area (Å²) in [7, 11) is 0. The Balaban J connectivity index is 1.58. The van der Waals surface area contributed by atoms with Gasteiger partial charge in [0.05, 0.1) is 17.5 Å². The quantitative estimate of drug-likeness (QED) is 0.266. The van der Waals surface area contributed by atoms with Gasteiger partial charge in [0.25, 0.3) is 11.6 Å². The second kappa shape index (κ2) is 11.0. The number of nitrogens with one attached hydrogen (secondary N) is 3. The van der Waals surface area contributed by atoms with Crippen LogP contribution in [-0.4, -0.2) is 39.1 Å². The van der Waals surface area contributed by atoms with E-state index in [1.165, 1.54) is 43.0 Å². The summed E-state index contributed by atoms with van der Waals surface area (Å²) < 4.78 is 5.18. The predicted octanol–water partition coefficient (Wildman–Crippen LogP) is 2.31. The summed E-state index contributed by atoms with van der Waals surface area (Å²) in [5, 5.41) is 17.1. The van der Waals surface area contributed by atoms with Gasteiger partial charge in [-0.25, -0.2) is 15.2 Å². The first-order valence-electron chi connectivity index (χ1n) is 9.53. The maximum atomic E-state index is 12.6. The highest BCUT2D eigenvalue weighted by atomic mass is 16.6. The van der Waals surface area contributed by atoms with Crippen LogP contribution in [0.2, 0.25) is 0 Å². The van der Waals surface area contributed by atoms with Crippen LogP contribution in [0.15, 0.2) is 72.2 Å². The van der Waals surface area contributed by atoms with Gasteiger partial charge in [-0.2, -0.15) is 5.10 Å². The molecular formula is C21H20N6O5. The zero-order valence-electron chi connectivity index (χ0n) is 16.8. The second-order valence-corrected chi connectivity index (χ2v) is 6.62. The lowest BCUT2D eigenvalue weighted by molar-refractivity contribution is -0.384. The van der Waals surface area contributed by atoms with Crippen molar-refractivity contribution in [1.29, 1.82) is 0 Å². The Labute approximate surface area is 182 Å². The number of carbonyl (C=O) groups is 2. The van der Waals surface area contributed by atoms with Crippen LogP contribution in [0.3, 0.4) is 0 Å². The van der Waals surface area contributed by atoms with Crippen molar-refractivity contribution in [3.63, 3.8) is 0 Å². The molecule has 0 aliphatic heterocycles. The molecule has 0 fully saturated rings. The number of benzene rings is 2. The molecule has 0 aliphatic carbocycles. The number of aromatic nitrogens is 2. The fraction of sp³-hybridized carbons (Fsp3) is 0.143. The minimum absolute atomic E-state index is 0.0518. The summed E-state index contributed by atoms with van der Waals surface area (Å²) in [6.07, 6.45) is 3.72. The Morgan fingerprint density at radius 2 is 1.94 bits per heavy atom. The molecule has 32 heavy (non-hydrogen) atoms. The van der Waals surface area contributed by atoms with Crippen LogP contribution >= 0.6 is 0 Å². The lowest BCUT2D eigenvalue weighted by atomic mass is 10.1. The molecule has 0 saturated carbocycles. The topological polar surface area (TPSA) is 152 Å². The minimum Gasteiger partial charge on any atom is -0.445 e. The van der Waals surface area contributed by atoms with Gasteiger partial charge in [-0.05, 0) is 23.3 Å². The van der Waals surface area contributed by atoms with E-state index >= 15 is 0 Å². The maximum Gasteiger partial charge on any atom is 0.408 e. The minimum atomic E-state index is -0.979. The number of aromatic amines is 1. The molecule has 0 radical (unpaired) electrons. The van der Waals surface area contributed by atoms with Crippen LogP contribution < -0.4 is 10.7 Å². The largest absolute Gasteiger partial charge is 0.445 e. The molecule has 2 aromatic carbocycles. The monoisotopic (exact) mass is 436 g/mol. The van der Waals surface area contributed by atoms with E-state index in [0.29, 0.717) is 11.3 Å². The van der Waals surface area contributed by atoms with Gasteiger partial charge in [0.1, 0.15) is 12.6 Å². The third-order valence-electron chi connectivity index (χ3n) is 4.29. The number of non-ortho nitro benzene ring substituents is 1. The highest BCUT2D eigenvalue weighted by Crippen LogP contribution is 2.10. The average Bonchev–Trinajstić information content (AvgIpc) is 3.31. The number of hydrogen-bond acceptors (Lipinski definition) is 7. The van der Waals surface area contributed by atoms with Crippen molar-refractivity contribution in [2.45, 2.75) is 19.1 Å². The molecule has 1 aromatic heterocycles. The molecule has 1 heterocycles. The average molecular weight is 436 g/mol. The number of carbonyl (C=O) groups excluding carboxylic acids is 2. The fourth-order valence-corrected chi connectivity index (χ4v) is 2.66.